The van der Waals surface area contributed by atoms with Crippen molar-refractivity contribution in [3.63, 3.8) is 0 Å². The highest BCUT2D eigenvalue weighted by molar-refractivity contribution is 7.91. The van der Waals surface area contributed by atoms with E-state index < -0.39 is 39.4 Å². The molecule has 1 heterocycles. The van der Waals surface area contributed by atoms with Gasteiger partial charge >= 0.3 is 11.9 Å². The summed E-state index contributed by atoms with van der Waals surface area (Å²) in [6.07, 6.45) is -3.78. The summed E-state index contributed by atoms with van der Waals surface area (Å²) in [7, 11) is -3.72. The SMILES string of the molecule is C=Cc1cc2[nH]c(=O)n(Cc3cc(Cl)ccc3S(=O)(=O)CC)c(=O)c2cc1C(F)(F)F. The summed E-state index contributed by atoms with van der Waals surface area (Å²) >= 11 is 5.95. The summed E-state index contributed by atoms with van der Waals surface area (Å²) in [6.45, 7) is 4.27. The third kappa shape index (κ3) is 4.31. The number of rotatable bonds is 5. The lowest BCUT2D eigenvalue weighted by atomic mass is 10.0. The quantitative estimate of drug-likeness (QED) is 0.611. The van der Waals surface area contributed by atoms with Crippen molar-refractivity contribution in [2.45, 2.75) is 24.5 Å². The molecular weight excluding hydrogens is 457 g/mol. The zero-order valence-electron chi connectivity index (χ0n) is 16.1. The third-order valence-corrected chi connectivity index (χ3v) is 6.81. The largest absolute Gasteiger partial charge is 0.417 e. The van der Waals surface area contributed by atoms with E-state index in [1.54, 1.807) is 0 Å². The molecule has 0 spiro atoms. The van der Waals surface area contributed by atoms with E-state index in [2.05, 4.69) is 11.6 Å². The first-order valence-electron chi connectivity index (χ1n) is 8.90. The highest BCUT2D eigenvalue weighted by atomic mass is 35.5. The summed E-state index contributed by atoms with van der Waals surface area (Å²) in [4.78, 5) is 27.7. The van der Waals surface area contributed by atoms with E-state index in [4.69, 9.17) is 11.6 Å². The molecule has 164 valence electrons. The number of fused-ring (bicyclic) bond motifs is 1. The first kappa shape index (κ1) is 22.8. The number of H-pyrrole nitrogens is 1. The maximum absolute atomic E-state index is 13.4. The molecule has 0 saturated heterocycles. The van der Waals surface area contributed by atoms with Crippen molar-refractivity contribution in [3.05, 3.63) is 79.5 Å². The number of hydrogen-bond acceptors (Lipinski definition) is 4. The number of halogens is 4. The molecule has 11 heteroatoms. The molecule has 1 aromatic heterocycles. The van der Waals surface area contributed by atoms with E-state index in [1.165, 1.54) is 25.1 Å². The molecule has 0 saturated carbocycles. The van der Waals surface area contributed by atoms with Crippen LogP contribution in [-0.4, -0.2) is 23.7 Å². The summed E-state index contributed by atoms with van der Waals surface area (Å²) in [5.41, 5.74) is -3.31. The van der Waals surface area contributed by atoms with Gasteiger partial charge in [-0.15, -0.1) is 0 Å². The Morgan fingerprint density at radius 2 is 1.87 bits per heavy atom. The topological polar surface area (TPSA) is 89.0 Å². The van der Waals surface area contributed by atoms with Gasteiger partial charge < -0.3 is 4.98 Å². The van der Waals surface area contributed by atoms with Crippen molar-refractivity contribution < 1.29 is 21.6 Å². The summed E-state index contributed by atoms with van der Waals surface area (Å²) in [5.74, 6) is -0.232. The van der Waals surface area contributed by atoms with Crippen LogP contribution in [0.5, 0.6) is 0 Å². The van der Waals surface area contributed by atoms with Crippen LogP contribution in [-0.2, 0) is 22.6 Å². The fraction of sp³-hybridized carbons (Fsp3) is 0.200. The molecule has 0 radical (unpaired) electrons. The minimum atomic E-state index is -4.75. The van der Waals surface area contributed by atoms with Gasteiger partial charge in [0.05, 0.1) is 33.7 Å². The van der Waals surface area contributed by atoms with Crippen LogP contribution in [0, 0.1) is 0 Å². The van der Waals surface area contributed by atoms with Crippen molar-refractivity contribution in [2.24, 2.45) is 0 Å². The normalized spacial score (nSPS) is 12.3. The molecule has 31 heavy (non-hydrogen) atoms. The molecule has 0 unspecified atom stereocenters. The fourth-order valence-electron chi connectivity index (χ4n) is 3.18. The van der Waals surface area contributed by atoms with Gasteiger partial charge in [0.2, 0.25) is 0 Å². The number of sulfone groups is 1. The predicted octanol–water partition coefficient (Wildman–Crippen LogP) is 3.85. The Morgan fingerprint density at radius 3 is 2.45 bits per heavy atom. The number of hydrogen-bond donors (Lipinski definition) is 1. The Labute approximate surface area is 179 Å². The van der Waals surface area contributed by atoms with Crippen LogP contribution in [0.4, 0.5) is 13.2 Å². The number of benzene rings is 2. The average Bonchev–Trinajstić information content (AvgIpc) is 2.69. The number of aromatic amines is 1. The Kier molecular flexibility index (Phi) is 5.90. The monoisotopic (exact) mass is 472 g/mol. The van der Waals surface area contributed by atoms with Gasteiger partial charge in [0.1, 0.15) is 0 Å². The van der Waals surface area contributed by atoms with Gasteiger partial charge in [-0.1, -0.05) is 31.2 Å². The van der Waals surface area contributed by atoms with E-state index in [9.17, 15) is 31.2 Å². The van der Waals surface area contributed by atoms with Gasteiger partial charge in [-0.2, -0.15) is 13.2 Å². The first-order valence-corrected chi connectivity index (χ1v) is 10.9. The van der Waals surface area contributed by atoms with Gasteiger partial charge in [-0.25, -0.2) is 13.2 Å². The number of nitrogens with one attached hydrogen (secondary N) is 1. The molecule has 0 fully saturated rings. The van der Waals surface area contributed by atoms with Crippen LogP contribution in [0.25, 0.3) is 17.0 Å². The lowest BCUT2D eigenvalue weighted by Crippen LogP contribution is -2.36. The highest BCUT2D eigenvalue weighted by Gasteiger charge is 2.33. The van der Waals surface area contributed by atoms with Crippen LogP contribution >= 0.6 is 11.6 Å². The van der Waals surface area contributed by atoms with Crippen molar-refractivity contribution in [2.75, 3.05) is 5.75 Å². The van der Waals surface area contributed by atoms with Gasteiger partial charge in [0, 0.05) is 5.02 Å². The van der Waals surface area contributed by atoms with Gasteiger partial charge in [0.15, 0.2) is 9.84 Å². The zero-order chi connectivity index (χ0) is 23.1. The van der Waals surface area contributed by atoms with Crippen molar-refractivity contribution in [1.82, 2.24) is 9.55 Å². The molecule has 3 aromatic rings. The van der Waals surface area contributed by atoms with Crippen LogP contribution in [0.15, 0.2) is 51.4 Å². The molecule has 0 aliphatic rings. The number of alkyl halides is 3. The number of nitrogens with zero attached hydrogens (tertiary/aromatic N) is 1. The van der Waals surface area contributed by atoms with Crippen molar-refractivity contribution in [3.8, 4) is 0 Å². The first-order chi connectivity index (χ1) is 14.4. The van der Waals surface area contributed by atoms with E-state index in [1.807, 2.05) is 0 Å². The second-order valence-corrected chi connectivity index (χ2v) is 9.35. The Bertz CT molecular complexity index is 1420. The predicted molar refractivity (Wildman–Crippen MR) is 112 cm³/mol. The van der Waals surface area contributed by atoms with Crippen LogP contribution in [0.3, 0.4) is 0 Å². The van der Waals surface area contributed by atoms with Gasteiger partial charge in [-0.3, -0.25) is 9.36 Å². The van der Waals surface area contributed by atoms with E-state index in [0.29, 0.717) is 10.6 Å². The lowest BCUT2D eigenvalue weighted by Gasteiger charge is -2.14. The molecule has 0 aliphatic carbocycles. The van der Waals surface area contributed by atoms with Crippen molar-refractivity contribution in [1.29, 1.82) is 0 Å². The van der Waals surface area contributed by atoms with Crippen LogP contribution in [0.1, 0.15) is 23.6 Å². The summed E-state index contributed by atoms with van der Waals surface area (Å²) < 4.78 is 65.5. The zero-order valence-corrected chi connectivity index (χ0v) is 17.7. The Morgan fingerprint density at radius 1 is 1.19 bits per heavy atom. The Hall–Kier alpha value is -2.85. The van der Waals surface area contributed by atoms with E-state index in [-0.39, 0.29) is 37.7 Å². The summed E-state index contributed by atoms with van der Waals surface area (Å²) in [6, 6.07) is 5.57. The molecule has 3 rings (SSSR count). The van der Waals surface area contributed by atoms with Gasteiger partial charge in [0.25, 0.3) is 5.56 Å². The lowest BCUT2D eigenvalue weighted by molar-refractivity contribution is -0.137. The van der Waals surface area contributed by atoms with Crippen LogP contribution < -0.4 is 11.2 Å². The van der Waals surface area contributed by atoms with Crippen molar-refractivity contribution >= 4 is 38.4 Å². The highest BCUT2D eigenvalue weighted by Crippen LogP contribution is 2.34. The standard InChI is InChI=1S/C20H16ClF3N2O4S/c1-3-11-8-16-14(9-15(11)20(22,23)24)18(27)26(19(28)25-16)10-12-7-13(21)5-6-17(12)31(29,30)4-2/h3,5-9H,1,4,10H2,2H3,(H,25,28). The molecular formula is C20H16ClF3N2O4S. The molecule has 0 aliphatic heterocycles. The second-order valence-electron chi connectivity index (χ2n) is 6.66. The van der Waals surface area contributed by atoms with E-state index in [0.717, 1.165) is 12.1 Å². The fourth-order valence-corrected chi connectivity index (χ4v) is 4.48. The second kappa shape index (κ2) is 8.01. The molecule has 2 aromatic carbocycles. The molecule has 6 nitrogen and oxygen atoms in total. The van der Waals surface area contributed by atoms with Crippen LogP contribution in [0.2, 0.25) is 5.02 Å². The number of aromatic nitrogens is 2. The Balaban J connectivity index is 2.29. The summed E-state index contributed by atoms with van der Waals surface area (Å²) in [5, 5.41) is -0.204. The minimum absolute atomic E-state index is 0.0695. The maximum atomic E-state index is 13.4. The molecule has 0 amide bonds. The average molecular weight is 473 g/mol. The molecule has 0 bridgehead atoms. The third-order valence-electron chi connectivity index (χ3n) is 4.74. The minimum Gasteiger partial charge on any atom is -0.307 e. The maximum Gasteiger partial charge on any atom is 0.417 e. The molecule has 0 atom stereocenters. The smallest absolute Gasteiger partial charge is 0.307 e. The van der Waals surface area contributed by atoms with Gasteiger partial charge in [-0.05, 0) is 41.5 Å². The molecule has 1 N–H and O–H groups in total. The van der Waals surface area contributed by atoms with E-state index >= 15 is 0 Å².